The third-order valence-electron chi connectivity index (χ3n) is 6.49. The number of aliphatic hydroxyl groups is 1. The molecule has 0 amide bonds. The average molecular weight is 370 g/mol. The molecule has 0 radical (unpaired) electrons. The fourth-order valence-corrected chi connectivity index (χ4v) is 4.70. The normalized spacial score (nSPS) is 25.6. The monoisotopic (exact) mass is 370 g/mol. The first-order chi connectivity index (χ1) is 13.2. The van der Waals surface area contributed by atoms with Crippen molar-refractivity contribution in [2.24, 2.45) is 5.41 Å². The molecule has 2 saturated heterocycles. The number of hydrogen-bond acceptors (Lipinski definition) is 8. The van der Waals surface area contributed by atoms with E-state index in [4.69, 9.17) is 4.52 Å². The third-order valence-corrected chi connectivity index (χ3v) is 6.49. The van der Waals surface area contributed by atoms with Gasteiger partial charge in [-0.05, 0) is 42.7 Å². The molecule has 5 rings (SSSR count). The molecule has 1 atom stereocenters. The van der Waals surface area contributed by atoms with E-state index in [1.807, 2.05) is 0 Å². The van der Waals surface area contributed by atoms with Crippen molar-refractivity contribution < 1.29 is 9.63 Å². The number of aromatic nitrogens is 4. The van der Waals surface area contributed by atoms with Crippen molar-refractivity contribution in [3.8, 4) is 0 Å². The van der Waals surface area contributed by atoms with Crippen LogP contribution in [0.1, 0.15) is 50.3 Å². The largest absolute Gasteiger partial charge is 0.391 e. The molecule has 2 aromatic rings. The van der Waals surface area contributed by atoms with Crippen LogP contribution in [0.15, 0.2) is 23.1 Å². The van der Waals surface area contributed by atoms with Gasteiger partial charge in [-0.15, -0.1) is 0 Å². The van der Waals surface area contributed by atoms with Crippen molar-refractivity contribution >= 4 is 11.8 Å². The Morgan fingerprint density at radius 3 is 2.70 bits per heavy atom. The molecule has 0 bridgehead atoms. The molecule has 2 aliphatic heterocycles. The van der Waals surface area contributed by atoms with Gasteiger partial charge in [0.2, 0.25) is 5.89 Å². The van der Waals surface area contributed by atoms with Crippen molar-refractivity contribution in [1.82, 2.24) is 20.1 Å². The van der Waals surface area contributed by atoms with E-state index in [1.54, 1.807) is 18.6 Å². The Morgan fingerprint density at radius 1 is 1.15 bits per heavy atom. The van der Waals surface area contributed by atoms with E-state index < -0.39 is 0 Å². The lowest BCUT2D eigenvalue weighted by atomic mass is 9.71. The number of aliphatic hydroxyl groups excluding tert-OH is 1. The predicted molar refractivity (Wildman–Crippen MR) is 99.6 cm³/mol. The smallest absolute Gasteiger partial charge is 0.266 e. The summed E-state index contributed by atoms with van der Waals surface area (Å²) >= 11 is 0. The van der Waals surface area contributed by atoms with E-state index in [9.17, 15) is 5.11 Å². The summed E-state index contributed by atoms with van der Waals surface area (Å²) in [4.78, 5) is 17.6. The number of nitrogens with zero attached hydrogens (tertiary/aromatic N) is 6. The van der Waals surface area contributed by atoms with Crippen LogP contribution in [-0.2, 0) is 0 Å². The molecule has 2 aromatic heterocycles. The SMILES string of the molecule is OC1CN(c2cnccn2)CC2(CCN(c3noc(C4CCC4)n3)CC2)C1. The minimum absolute atomic E-state index is 0.103. The summed E-state index contributed by atoms with van der Waals surface area (Å²) < 4.78 is 5.48. The lowest BCUT2D eigenvalue weighted by molar-refractivity contribution is 0.0593. The molecule has 1 N–H and O–H groups in total. The number of anilines is 2. The highest BCUT2D eigenvalue weighted by molar-refractivity contribution is 5.38. The first-order valence-electron chi connectivity index (χ1n) is 9.98. The summed E-state index contributed by atoms with van der Waals surface area (Å²) in [6, 6.07) is 0. The minimum Gasteiger partial charge on any atom is -0.391 e. The van der Waals surface area contributed by atoms with Crippen molar-refractivity contribution in [1.29, 1.82) is 0 Å². The molecule has 8 nitrogen and oxygen atoms in total. The zero-order chi connectivity index (χ0) is 18.3. The quantitative estimate of drug-likeness (QED) is 0.877. The summed E-state index contributed by atoms with van der Waals surface area (Å²) in [7, 11) is 0. The Hall–Kier alpha value is -2.22. The highest BCUT2D eigenvalue weighted by Crippen LogP contribution is 2.42. The molecular weight excluding hydrogens is 344 g/mol. The maximum Gasteiger partial charge on any atom is 0.266 e. The number of rotatable bonds is 3. The van der Waals surface area contributed by atoms with Gasteiger partial charge < -0.3 is 19.4 Å². The second kappa shape index (κ2) is 6.74. The number of piperidine rings is 2. The van der Waals surface area contributed by atoms with Crippen molar-refractivity contribution in [2.75, 3.05) is 36.0 Å². The van der Waals surface area contributed by atoms with Gasteiger partial charge in [-0.2, -0.15) is 4.98 Å². The van der Waals surface area contributed by atoms with Crippen molar-refractivity contribution in [3.05, 3.63) is 24.5 Å². The summed E-state index contributed by atoms with van der Waals surface area (Å²) in [5.74, 6) is 2.85. The highest BCUT2D eigenvalue weighted by Gasteiger charge is 2.42. The van der Waals surface area contributed by atoms with Crippen LogP contribution >= 0.6 is 0 Å². The van der Waals surface area contributed by atoms with Crippen LogP contribution in [0.5, 0.6) is 0 Å². The van der Waals surface area contributed by atoms with E-state index in [0.29, 0.717) is 12.5 Å². The number of hydrogen-bond donors (Lipinski definition) is 1. The van der Waals surface area contributed by atoms with Gasteiger partial charge in [-0.1, -0.05) is 6.42 Å². The van der Waals surface area contributed by atoms with Crippen LogP contribution in [0.4, 0.5) is 11.8 Å². The van der Waals surface area contributed by atoms with Crippen LogP contribution in [0.2, 0.25) is 0 Å². The molecule has 1 unspecified atom stereocenters. The molecule has 8 heteroatoms. The maximum absolute atomic E-state index is 10.5. The van der Waals surface area contributed by atoms with Gasteiger partial charge in [0.1, 0.15) is 5.82 Å². The van der Waals surface area contributed by atoms with E-state index in [2.05, 4.69) is 29.9 Å². The Morgan fingerprint density at radius 2 is 2.00 bits per heavy atom. The van der Waals surface area contributed by atoms with Crippen molar-refractivity contribution in [2.45, 2.75) is 50.5 Å². The zero-order valence-electron chi connectivity index (χ0n) is 15.5. The lowest BCUT2D eigenvalue weighted by Crippen LogP contribution is -2.54. The molecule has 0 aromatic carbocycles. The second-order valence-electron chi connectivity index (χ2n) is 8.35. The molecule has 1 aliphatic carbocycles. The molecule has 3 fully saturated rings. The Balaban J connectivity index is 1.26. The van der Waals surface area contributed by atoms with Gasteiger partial charge in [0.25, 0.3) is 5.95 Å². The lowest BCUT2D eigenvalue weighted by Gasteiger charge is -2.49. The molecule has 4 heterocycles. The van der Waals surface area contributed by atoms with Crippen LogP contribution in [0.3, 0.4) is 0 Å². The summed E-state index contributed by atoms with van der Waals surface area (Å²) in [6.07, 6.45) is 11.3. The van der Waals surface area contributed by atoms with Gasteiger partial charge in [-0.25, -0.2) is 4.98 Å². The van der Waals surface area contributed by atoms with Gasteiger partial charge in [-0.3, -0.25) is 4.98 Å². The molecular formula is C19H26N6O2. The summed E-state index contributed by atoms with van der Waals surface area (Å²) in [5.41, 5.74) is 0.103. The molecule has 1 saturated carbocycles. The zero-order valence-corrected chi connectivity index (χ0v) is 15.5. The topological polar surface area (TPSA) is 91.4 Å². The van der Waals surface area contributed by atoms with Crippen molar-refractivity contribution in [3.63, 3.8) is 0 Å². The predicted octanol–water partition coefficient (Wildman–Crippen LogP) is 1.98. The van der Waals surface area contributed by atoms with Gasteiger partial charge in [0.05, 0.1) is 12.3 Å². The first kappa shape index (κ1) is 16.9. The fourth-order valence-electron chi connectivity index (χ4n) is 4.70. The third kappa shape index (κ3) is 3.26. The Labute approximate surface area is 158 Å². The second-order valence-corrected chi connectivity index (χ2v) is 8.35. The van der Waals surface area contributed by atoms with E-state index in [1.165, 1.54) is 19.3 Å². The first-order valence-corrected chi connectivity index (χ1v) is 9.98. The van der Waals surface area contributed by atoms with Gasteiger partial charge in [0, 0.05) is 44.5 Å². The highest BCUT2D eigenvalue weighted by atomic mass is 16.5. The van der Waals surface area contributed by atoms with E-state index >= 15 is 0 Å². The molecule has 1 spiro atoms. The molecule has 144 valence electrons. The van der Waals surface area contributed by atoms with Crippen LogP contribution < -0.4 is 9.80 Å². The Bertz CT molecular complexity index is 770. The maximum atomic E-state index is 10.5. The molecule has 3 aliphatic rings. The van der Waals surface area contributed by atoms with E-state index in [-0.39, 0.29) is 11.5 Å². The summed E-state index contributed by atoms with van der Waals surface area (Å²) in [6.45, 7) is 3.32. The van der Waals surface area contributed by atoms with Gasteiger partial charge >= 0.3 is 0 Å². The van der Waals surface area contributed by atoms with Gasteiger partial charge in [0.15, 0.2) is 0 Å². The van der Waals surface area contributed by atoms with Crippen LogP contribution in [-0.4, -0.2) is 57.5 Å². The molecule has 27 heavy (non-hydrogen) atoms. The fraction of sp³-hybridized carbons (Fsp3) is 0.684. The number of β-amino-alcohol motifs (C(OH)–C–C–N with tert-alkyl or cyclic N) is 1. The minimum atomic E-state index is -0.331. The Kier molecular flexibility index (Phi) is 4.22. The van der Waals surface area contributed by atoms with E-state index in [0.717, 1.165) is 56.6 Å². The summed E-state index contributed by atoms with van der Waals surface area (Å²) in [5, 5.41) is 14.7. The van der Waals surface area contributed by atoms with Crippen LogP contribution in [0, 0.1) is 5.41 Å². The average Bonchev–Trinajstić information content (AvgIpc) is 3.10. The van der Waals surface area contributed by atoms with Crippen LogP contribution in [0.25, 0.3) is 0 Å². The standard InChI is InChI=1S/C19H26N6O2/c26-15-10-19(13-25(12-15)16-11-20-6-7-21-16)4-8-24(9-5-19)18-22-17(27-23-18)14-2-1-3-14/h6-7,11,14-15,26H,1-5,8-10,12-13H2.